The van der Waals surface area contributed by atoms with Crippen LogP contribution < -0.4 is 14.3 Å². The van der Waals surface area contributed by atoms with Gasteiger partial charge in [-0.2, -0.15) is 4.99 Å². The minimum absolute atomic E-state index is 0.0372. The van der Waals surface area contributed by atoms with E-state index in [0.29, 0.717) is 41.1 Å². The molecule has 0 bridgehead atoms. The fourth-order valence-corrected chi connectivity index (χ4v) is 5.47. The molecule has 1 aromatic heterocycles. The van der Waals surface area contributed by atoms with Crippen molar-refractivity contribution in [1.29, 1.82) is 0 Å². The van der Waals surface area contributed by atoms with E-state index in [1.54, 1.807) is 0 Å². The van der Waals surface area contributed by atoms with Crippen LogP contribution in [0, 0.1) is 0 Å². The first-order valence-electron chi connectivity index (χ1n) is 9.36. The molecule has 0 radical (unpaired) electrons. The van der Waals surface area contributed by atoms with E-state index in [1.807, 2.05) is 23.6 Å². The van der Waals surface area contributed by atoms with Crippen molar-refractivity contribution in [3.63, 3.8) is 0 Å². The zero-order valence-electron chi connectivity index (χ0n) is 16.1. The van der Waals surface area contributed by atoms with Gasteiger partial charge in [-0.15, -0.1) is 0 Å². The Hall–Kier alpha value is -2.36. The number of fused-ring (bicyclic) bond motifs is 2. The predicted octanol–water partition coefficient (Wildman–Crippen LogP) is 3.44. The molecule has 158 valence electrons. The van der Waals surface area contributed by atoms with Crippen LogP contribution in [0.15, 0.2) is 46.3 Å². The van der Waals surface area contributed by atoms with E-state index in [0.717, 1.165) is 16.6 Å². The van der Waals surface area contributed by atoms with Gasteiger partial charge in [-0.05, 0) is 30.7 Å². The summed E-state index contributed by atoms with van der Waals surface area (Å²) in [6, 6.07) is 9.46. The van der Waals surface area contributed by atoms with Gasteiger partial charge in [0, 0.05) is 23.7 Å². The van der Waals surface area contributed by atoms with Crippen LogP contribution in [0.5, 0.6) is 11.5 Å². The molecule has 10 heteroatoms. The SMILES string of the molecule is CCCn1c(=NC(=O)CS(=O)(=O)c2ccc(Cl)cc2)sc2cc3c(cc21)OCCO3. The highest BCUT2D eigenvalue weighted by Crippen LogP contribution is 2.35. The summed E-state index contributed by atoms with van der Waals surface area (Å²) in [7, 11) is -3.81. The Morgan fingerprint density at radius 3 is 2.50 bits per heavy atom. The highest BCUT2D eigenvalue weighted by Gasteiger charge is 2.20. The van der Waals surface area contributed by atoms with Gasteiger partial charge in [0.1, 0.15) is 19.0 Å². The molecule has 2 heterocycles. The maximum absolute atomic E-state index is 12.5. The lowest BCUT2D eigenvalue weighted by Gasteiger charge is -2.18. The van der Waals surface area contributed by atoms with Gasteiger partial charge in [-0.3, -0.25) is 4.79 Å². The van der Waals surface area contributed by atoms with Crippen molar-refractivity contribution in [2.75, 3.05) is 19.0 Å². The van der Waals surface area contributed by atoms with Crippen molar-refractivity contribution < 1.29 is 22.7 Å². The third-order valence-electron chi connectivity index (χ3n) is 4.50. The van der Waals surface area contributed by atoms with Gasteiger partial charge in [0.2, 0.25) is 0 Å². The number of amides is 1. The second-order valence-electron chi connectivity index (χ2n) is 6.72. The van der Waals surface area contributed by atoms with Crippen LogP contribution in [0.25, 0.3) is 10.2 Å². The Kier molecular flexibility index (Phi) is 5.86. The van der Waals surface area contributed by atoms with Crippen molar-refractivity contribution in [2.24, 2.45) is 4.99 Å². The van der Waals surface area contributed by atoms with Crippen LogP contribution in [-0.2, 0) is 21.2 Å². The molecule has 2 aromatic carbocycles. The summed E-state index contributed by atoms with van der Waals surface area (Å²) >= 11 is 7.12. The molecule has 1 aliphatic rings. The van der Waals surface area contributed by atoms with Gasteiger partial charge in [-0.25, -0.2) is 8.42 Å². The standard InChI is InChI=1S/C20H19ClN2O5S2/c1-2-7-23-15-10-16-17(28-9-8-27-16)11-18(15)29-20(23)22-19(24)12-30(25,26)14-5-3-13(21)4-6-14/h3-6,10-11H,2,7-9,12H2,1H3. The van der Waals surface area contributed by atoms with E-state index in [2.05, 4.69) is 4.99 Å². The molecule has 30 heavy (non-hydrogen) atoms. The summed E-state index contributed by atoms with van der Waals surface area (Å²) in [6.45, 7) is 3.62. The number of nitrogens with zero attached hydrogens (tertiary/aromatic N) is 2. The number of benzene rings is 2. The number of aryl methyl sites for hydroxylation is 1. The van der Waals surface area contributed by atoms with Crippen molar-refractivity contribution in [1.82, 2.24) is 4.57 Å². The summed E-state index contributed by atoms with van der Waals surface area (Å²) < 4.78 is 39.2. The highest BCUT2D eigenvalue weighted by molar-refractivity contribution is 7.92. The first-order valence-corrected chi connectivity index (χ1v) is 12.2. The predicted molar refractivity (Wildman–Crippen MR) is 115 cm³/mol. The Morgan fingerprint density at radius 1 is 1.17 bits per heavy atom. The molecule has 7 nitrogen and oxygen atoms in total. The number of sulfone groups is 1. The quantitative estimate of drug-likeness (QED) is 0.574. The summed E-state index contributed by atoms with van der Waals surface area (Å²) in [5.41, 5.74) is 0.873. The summed E-state index contributed by atoms with van der Waals surface area (Å²) in [5.74, 6) is -0.127. The van der Waals surface area contributed by atoms with Crippen LogP contribution in [0.1, 0.15) is 13.3 Å². The molecule has 3 aromatic rings. The summed E-state index contributed by atoms with van der Waals surface area (Å²) in [4.78, 5) is 17.1. The van der Waals surface area contributed by atoms with Crippen LogP contribution in [0.3, 0.4) is 0 Å². The first-order chi connectivity index (χ1) is 14.4. The van der Waals surface area contributed by atoms with Crippen LogP contribution >= 0.6 is 22.9 Å². The van der Waals surface area contributed by atoms with E-state index in [-0.39, 0.29) is 4.90 Å². The molecule has 4 rings (SSSR count). The maximum atomic E-state index is 12.5. The lowest BCUT2D eigenvalue weighted by atomic mass is 10.2. The molecule has 0 saturated carbocycles. The molecule has 0 aliphatic carbocycles. The van der Waals surface area contributed by atoms with E-state index in [9.17, 15) is 13.2 Å². The van der Waals surface area contributed by atoms with Gasteiger partial charge in [0.25, 0.3) is 5.91 Å². The van der Waals surface area contributed by atoms with Gasteiger partial charge < -0.3 is 14.0 Å². The Morgan fingerprint density at radius 2 is 1.83 bits per heavy atom. The number of hydrogen-bond donors (Lipinski definition) is 0. The third kappa shape index (κ3) is 4.23. The number of carbonyl (C=O) groups excluding carboxylic acids is 1. The zero-order chi connectivity index (χ0) is 21.3. The fourth-order valence-electron chi connectivity index (χ4n) is 3.16. The zero-order valence-corrected chi connectivity index (χ0v) is 18.5. The smallest absolute Gasteiger partial charge is 0.263 e. The number of ether oxygens (including phenoxy) is 2. The highest BCUT2D eigenvalue weighted by atomic mass is 35.5. The number of rotatable bonds is 5. The topological polar surface area (TPSA) is 87.0 Å². The minimum Gasteiger partial charge on any atom is -0.486 e. The molecule has 0 fully saturated rings. The Labute approximate surface area is 182 Å². The van der Waals surface area contributed by atoms with E-state index < -0.39 is 21.5 Å². The fraction of sp³-hybridized carbons (Fsp3) is 0.300. The van der Waals surface area contributed by atoms with Crippen molar-refractivity contribution >= 4 is 48.9 Å². The molecule has 0 unspecified atom stereocenters. The Bertz CT molecular complexity index is 1280. The summed E-state index contributed by atoms with van der Waals surface area (Å²) in [6.07, 6.45) is 0.824. The maximum Gasteiger partial charge on any atom is 0.263 e. The average molecular weight is 467 g/mol. The second kappa shape index (κ2) is 8.41. The van der Waals surface area contributed by atoms with E-state index in [1.165, 1.54) is 35.6 Å². The van der Waals surface area contributed by atoms with E-state index >= 15 is 0 Å². The molecule has 0 saturated heterocycles. The van der Waals surface area contributed by atoms with Gasteiger partial charge >= 0.3 is 0 Å². The minimum atomic E-state index is -3.81. The number of halogens is 1. The van der Waals surface area contributed by atoms with Crippen LogP contribution in [0.2, 0.25) is 5.02 Å². The molecular formula is C20H19ClN2O5S2. The van der Waals surface area contributed by atoms with Crippen molar-refractivity contribution in [2.45, 2.75) is 24.8 Å². The monoisotopic (exact) mass is 466 g/mol. The van der Waals surface area contributed by atoms with Gasteiger partial charge in [-0.1, -0.05) is 29.9 Å². The second-order valence-corrected chi connectivity index (χ2v) is 10.2. The molecule has 0 N–H and O–H groups in total. The molecule has 0 spiro atoms. The third-order valence-corrected chi connectivity index (χ3v) is 7.41. The first kappa shape index (κ1) is 20.9. The summed E-state index contributed by atoms with van der Waals surface area (Å²) in [5, 5.41) is 0.423. The van der Waals surface area contributed by atoms with Crippen molar-refractivity contribution in [3.8, 4) is 11.5 Å². The van der Waals surface area contributed by atoms with Crippen molar-refractivity contribution in [3.05, 3.63) is 46.2 Å². The lowest BCUT2D eigenvalue weighted by molar-refractivity contribution is -0.115. The van der Waals surface area contributed by atoms with Gasteiger partial charge in [0.15, 0.2) is 26.1 Å². The largest absolute Gasteiger partial charge is 0.486 e. The Balaban J connectivity index is 1.71. The number of aromatic nitrogens is 1. The number of carbonyl (C=O) groups is 1. The number of thiazole rings is 1. The molecule has 0 atom stereocenters. The average Bonchev–Trinajstić information content (AvgIpc) is 3.02. The van der Waals surface area contributed by atoms with Crippen LogP contribution in [0.4, 0.5) is 0 Å². The molecular weight excluding hydrogens is 448 g/mol. The van der Waals surface area contributed by atoms with E-state index in [4.69, 9.17) is 21.1 Å². The normalized spacial score (nSPS) is 14.3. The van der Waals surface area contributed by atoms with Gasteiger partial charge in [0.05, 0.1) is 15.1 Å². The number of hydrogen-bond acceptors (Lipinski definition) is 6. The molecule has 1 aliphatic heterocycles. The lowest BCUT2D eigenvalue weighted by Crippen LogP contribution is -2.21. The van der Waals surface area contributed by atoms with Crippen LogP contribution in [-0.4, -0.2) is 37.9 Å². The molecule has 1 amide bonds.